The highest BCUT2D eigenvalue weighted by atomic mass is 32.1. The minimum absolute atomic E-state index is 0.306. The lowest BCUT2D eigenvalue weighted by molar-refractivity contribution is 0.146. The quantitative estimate of drug-likeness (QED) is 0.615. The minimum Gasteiger partial charge on any atom is -0.382 e. The van der Waals surface area contributed by atoms with Crippen molar-refractivity contribution >= 4 is 23.0 Å². The van der Waals surface area contributed by atoms with Crippen LogP contribution in [0.2, 0.25) is 0 Å². The standard InChI is InChI=1S/C13H19FN2OS/c1-3-17-8-4-7-15-13(18)16-12-9-10(2)5-6-11(12)14/h5-6,9H,3-4,7-8H2,1-2H3,(H2,15,16,18). The maximum Gasteiger partial charge on any atom is 0.170 e. The summed E-state index contributed by atoms with van der Waals surface area (Å²) in [6.07, 6.45) is 0.867. The number of benzene rings is 1. The molecule has 0 unspecified atom stereocenters. The smallest absolute Gasteiger partial charge is 0.170 e. The van der Waals surface area contributed by atoms with Crippen LogP contribution in [0.4, 0.5) is 10.1 Å². The van der Waals surface area contributed by atoms with Crippen LogP contribution in [-0.4, -0.2) is 24.9 Å². The van der Waals surface area contributed by atoms with Crippen molar-refractivity contribution in [3.05, 3.63) is 29.6 Å². The van der Waals surface area contributed by atoms with Gasteiger partial charge >= 0.3 is 0 Å². The van der Waals surface area contributed by atoms with E-state index >= 15 is 0 Å². The predicted molar refractivity (Wildman–Crippen MR) is 76.5 cm³/mol. The Balaban J connectivity index is 2.33. The Morgan fingerprint density at radius 2 is 2.22 bits per heavy atom. The second-order valence-corrected chi connectivity index (χ2v) is 4.32. The number of halogens is 1. The van der Waals surface area contributed by atoms with Gasteiger partial charge in [0.15, 0.2) is 5.11 Å². The summed E-state index contributed by atoms with van der Waals surface area (Å²) >= 11 is 5.09. The molecule has 0 spiro atoms. The van der Waals surface area contributed by atoms with E-state index in [1.54, 1.807) is 12.1 Å². The van der Waals surface area contributed by atoms with Crippen LogP contribution in [0.1, 0.15) is 18.9 Å². The molecule has 1 rings (SSSR count). The van der Waals surface area contributed by atoms with Crippen LogP contribution >= 0.6 is 12.2 Å². The normalized spacial score (nSPS) is 10.2. The van der Waals surface area contributed by atoms with Gasteiger partial charge in [0.1, 0.15) is 5.82 Å². The molecule has 0 aliphatic heterocycles. The van der Waals surface area contributed by atoms with Crippen molar-refractivity contribution in [2.75, 3.05) is 25.1 Å². The van der Waals surface area contributed by atoms with Gasteiger partial charge in [0.05, 0.1) is 5.69 Å². The lowest BCUT2D eigenvalue weighted by atomic mass is 10.2. The fourth-order valence-corrected chi connectivity index (χ4v) is 1.63. The molecule has 100 valence electrons. The molecule has 0 atom stereocenters. The number of nitrogens with one attached hydrogen (secondary N) is 2. The molecule has 18 heavy (non-hydrogen) atoms. The average molecular weight is 270 g/mol. The van der Waals surface area contributed by atoms with Crippen molar-refractivity contribution in [3.63, 3.8) is 0 Å². The third-order valence-corrected chi connectivity index (χ3v) is 2.57. The van der Waals surface area contributed by atoms with Gasteiger partial charge in [0.25, 0.3) is 0 Å². The first kappa shape index (κ1) is 14.9. The van der Waals surface area contributed by atoms with Gasteiger partial charge in [-0.1, -0.05) is 6.07 Å². The Labute approximate surface area is 113 Å². The van der Waals surface area contributed by atoms with Gasteiger partial charge in [-0.05, 0) is 50.2 Å². The highest BCUT2D eigenvalue weighted by Gasteiger charge is 2.03. The van der Waals surface area contributed by atoms with Crippen LogP contribution in [0.15, 0.2) is 18.2 Å². The maximum atomic E-state index is 13.4. The topological polar surface area (TPSA) is 33.3 Å². The van der Waals surface area contributed by atoms with E-state index in [2.05, 4.69) is 10.6 Å². The van der Waals surface area contributed by atoms with Crippen LogP contribution in [0.5, 0.6) is 0 Å². The molecule has 0 aliphatic carbocycles. The fourth-order valence-electron chi connectivity index (χ4n) is 1.42. The van der Waals surface area contributed by atoms with E-state index in [-0.39, 0.29) is 5.82 Å². The molecule has 0 saturated heterocycles. The summed E-state index contributed by atoms with van der Waals surface area (Å²) in [5, 5.41) is 6.28. The summed E-state index contributed by atoms with van der Waals surface area (Å²) in [5.41, 5.74) is 1.38. The Morgan fingerprint density at radius 1 is 1.44 bits per heavy atom. The second-order valence-electron chi connectivity index (χ2n) is 3.91. The molecule has 1 aromatic carbocycles. The van der Waals surface area contributed by atoms with Gasteiger partial charge in [-0.25, -0.2) is 4.39 Å². The molecule has 0 aliphatic rings. The number of aryl methyl sites for hydroxylation is 1. The van der Waals surface area contributed by atoms with Crippen molar-refractivity contribution < 1.29 is 9.13 Å². The van der Waals surface area contributed by atoms with Gasteiger partial charge in [-0.3, -0.25) is 0 Å². The highest BCUT2D eigenvalue weighted by molar-refractivity contribution is 7.80. The van der Waals surface area contributed by atoms with Gasteiger partial charge in [-0.2, -0.15) is 0 Å². The van der Waals surface area contributed by atoms with E-state index in [4.69, 9.17) is 17.0 Å². The molecule has 0 amide bonds. The van der Waals surface area contributed by atoms with Crippen LogP contribution in [0, 0.1) is 12.7 Å². The molecule has 5 heteroatoms. The third-order valence-electron chi connectivity index (χ3n) is 2.33. The SMILES string of the molecule is CCOCCCNC(=S)Nc1cc(C)ccc1F. The van der Waals surface area contributed by atoms with Crippen LogP contribution in [0.25, 0.3) is 0 Å². The van der Waals surface area contributed by atoms with Crippen LogP contribution < -0.4 is 10.6 Å². The monoisotopic (exact) mass is 270 g/mol. The van der Waals surface area contributed by atoms with E-state index in [0.717, 1.165) is 18.6 Å². The number of hydrogen-bond donors (Lipinski definition) is 2. The zero-order chi connectivity index (χ0) is 13.4. The fraction of sp³-hybridized carbons (Fsp3) is 0.462. The summed E-state index contributed by atoms with van der Waals surface area (Å²) in [6.45, 7) is 5.99. The van der Waals surface area contributed by atoms with Gasteiger partial charge in [0.2, 0.25) is 0 Å². The summed E-state index contributed by atoms with van der Waals surface area (Å²) in [7, 11) is 0. The van der Waals surface area contributed by atoms with Crippen molar-refractivity contribution in [1.29, 1.82) is 0 Å². The highest BCUT2D eigenvalue weighted by Crippen LogP contribution is 2.15. The lowest BCUT2D eigenvalue weighted by Crippen LogP contribution is -2.30. The minimum atomic E-state index is -0.306. The van der Waals surface area contributed by atoms with Gasteiger partial charge < -0.3 is 15.4 Å². The largest absolute Gasteiger partial charge is 0.382 e. The van der Waals surface area contributed by atoms with Crippen molar-refractivity contribution in [2.24, 2.45) is 0 Å². The molecule has 2 N–H and O–H groups in total. The number of ether oxygens (including phenoxy) is 1. The zero-order valence-electron chi connectivity index (χ0n) is 10.8. The Hall–Kier alpha value is -1.20. The van der Waals surface area contributed by atoms with E-state index in [1.165, 1.54) is 6.07 Å². The van der Waals surface area contributed by atoms with E-state index < -0.39 is 0 Å². The third kappa shape index (κ3) is 5.42. The average Bonchev–Trinajstić information content (AvgIpc) is 2.33. The van der Waals surface area contributed by atoms with Crippen LogP contribution in [-0.2, 0) is 4.74 Å². The summed E-state index contributed by atoms with van der Waals surface area (Å²) in [5.74, 6) is -0.306. The van der Waals surface area contributed by atoms with Crippen LogP contribution in [0.3, 0.4) is 0 Å². The van der Waals surface area contributed by atoms with E-state index in [9.17, 15) is 4.39 Å². The van der Waals surface area contributed by atoms with Crippen molar-refractivity contribution in [1.82, 2.24) is 5.32 Å². The molecule has 0 saturated carbocycles. The molecular formula is C13H19FN2OS. The Morgan fingerprint density at radius 3 is 2.94 bits per heavy atom. The first-order valence-electron chi connectivity index (χ1n) is 6.02. The summed E-state index contributed by atoms with van der Waals surface area (Å²) < 4.78 is 18.7. The molecule has 0 radical (unpaired) electrons. The molecule has 1 aromatic rings. The van der Waals surface area contributed by atoms with E-state index in [1.807, 2.05) is 13.8 Å². The predicted octanol–water partition coefficient (Wildman–Crippen LogP) is 2.85. The number of anilines is 1. The molecule has 3 nitrogen and oxygen atoms in total. The van der Waals surface area contributed by atoms with E-state index in [0.29, 0.717) is 24.0 Å². The lowest BCUT2D eigenvalue weighted by Gasteiger charge is -2.11. The molecule has 0 heterocycles. The van der Waals surface area contributed by atoms with Crippen molar-refractivity contribution in [3.8, 4) is 0 Å². The first-order valence-corrected chi connectivity index (χ1v) is 6.43. The zero-order valence-corrected chi connectivity index (χ0v) is 11.6. The summed E-state index contributed by atoms with van der Waals surface area (Å²) in [4.78, 5) is 0. The number of rotatable bonds is 6. The molecular weight excluding hydrogens is 251 g/mol. The Bertz CT molecular complexity index is 399. The first-order chi connectivity index (χ1) is 8.63. The Kier molecular flexibility index (Phi) is 6.60. The van der Waals surface area contributed by atoms with Gasteiger partial charge in [0, 0.05) is 19.8 Å². The molecule has 0 bridgehead atoms. The second kappa shape index (κ2) is 8.00. The summed E-state index contributed by atoms with van der Waals surface area (Å²) in [6, 6.07) is 4.87. The maximum absolute atomic E-state index is 13.4. The molecule has 0 aromatic heterocycles. The number of hydrogen-bond acceptors (Lipinski definition) is 2. The van der Waals surface area contributed by atoms with Gasteiger partial charge in [-0.15, -0.1) is 0 Å². The van der Waals surface area contributed by atoms with Crippen molar-refractivity contribution in [2.45, 2.75) is 20.3 Å². The number of thiocarbonyl (C=S) groups is 1. The molecule has 0 fully saturated rings.